The number of halogens is 3. The first-order chi connectivity index (χ1) is 9.34. The Morgan fingerprint density at radius 2 is 1.95 bits per heavy atom. The number of nitrogens with zero attached hydrogens (tertiary/aromatic N) is 2. The van der Waals surface area contributed by atoms with Gasteiger partial charge in [0, 0.05) is 23.4 Å². The number of hydrogen-bond donors (Lipinski definition) is 0. The number of benzene rings is 1. The molecule has 0 atom stereocenters. The van der Waals surface area contributed by atoms with Gasteiger partial charge in [-0.2, -0.15) is 18.3 Å². The number of carbonyl (C=O) groups excluding carboxylic acids is 1. The Morgan fingerprint density at radius 1 is 1.25 bits per heavy atom. The molecule has 1 aromatic heterocycles. The first-order valence-electron chi connectivity index (χ1n) is 6.05. The van der Waals surface area contributed by atoms with Crippen LogP contribution in [0.15, 0.2) is 30.5 Å². The van der Waals surface area contributed by atoms with Crippen molar-refractivity contribution in [3.05, 3.63) is 41.6 Å². The van der Waals surface area contributed by atoms with Crippen LogP contribution in [0, 0.1) is 0 Å². The molecule has 0 saturated carbocycles. The zero-order valence-corrected chi connectivity index (χ0v) is 11.0. The predicted octanol–water partition coefficient (Wildman–Crippen LogP) is 3.96. The monoisotopic (exact) mass is 282 g/mol. The highest BCUT2D eigenvalue weighted by atomic mass is 19.4. The van der Waals surface area contributed by atoms with Crippen molar-refractivity contribution < 1.29 is 18.0 Å². The molecule has 20 heavy (non-hydrogen) atoms. The van der Waals surface area contributed by atoms with Crippen LogP contribution < -0.4 is 0 Å². The van der Waals surface area contributed by atoms with Crippen molar-refractivity contribution >= 4 is 6.29 Å². The number of rotatable bonds is 3. The van der Waals surface area contributed by atoms with E-state index in [9.17, 15) is 18.0 Å². The maximum absolute atomic E-state index is 12.7. The number of alkyl halides is 3. The van der Waals surface area contributed by atoms with E-state index >= 15 is 0 Å². The quantitative estimate of drug-likeness (QED) is 0.799. The summed E-state index contributed by atoms with van der Waals surface area (Å²) in [5.41, 5.74) is 0.233. The summed E-state index contributed by atoms with van der Waals surface area (Å²) in [7, 11) is 0. The van der Waals surface area contributed by atoms with Crippen molar-refractivity contribution in [2.45, 2.75) is 26.1 Å². The fourth-order valence-corrected chi connectivity index (χ4v) is 2.01. The molecule has 0 bridgehead atoms. The van der Waals surface area contributed by atoms with Crippen molar-refractivity contribution in [3.8, 4) is 11.3 Å². The Balaban J connectivity index is 2.58. The molecular formula is C14H13F3N2O. The van der Waals surface area contributed by atoms with Crippen molar-refractivity contribution in [1.29, 1.82) is 0 Å². The van der Waals surface area contributed by atoms with Crippen molar-refractivity contribution in [1.82, 2.24) is 9.78 Å². The number of aromatic nitrogens is 2. The molecule has 2 aromatic rings. The van der Waals surface area contributed by atoms with E-state index in [1.807, 2.05) is 13.8 Å². The smallest absolute Gasteiger partial charge is 0.298 e. The van der Waals surface area contributed by atoms with Crippen LogP contribution >= 0.6 is 0 Å². The Hall–Kier alpha value is -2.11. The molecule has 106 valence electrons. The van der Waals surface area contributed by atoms with E-state index in [1.54, 1.807) is 16.9 Å². The van der Waals surface area contributed by atoms with Gasteiger partial charge >= 0.3 is 6.18 Å². The minimum Gasteiger partial charge on any atom is -0.298 e. The lowest BCUT2D eigenvalue weighted by molar-refractivity contribution is -0.137. The van der Waals surface area contributed by atoms with Gasteiger partial charge in [0.05, 0.1) is 11.3 Å². The van der Waals surface area contributed by atoms with Crippen LogP contribution in [0.1, 0.15) is 35.8 Å². The Kier molecular flexibility index (Phi) is 3.65. The van der Waals surface area contributed by atoms with Gasteiger partial charge < -0.3 is 0 Å². The van der Waals surface area contributed by atoms with E-state index < -0.39 is 11.7 Å². The molecule has 1 aromatic carbocycles. The lowest BCUT2D eigenvalue weighted by Crippen LogP contribution is -2.08. The average Bonchev–Trinajstić information content (AvgIpc) is 2.86. The topological polar surface area (TPSA) is 34.9 Å². The second-order valence-electron chi connectivity index (χ2n) is 4.67. The lowest BCUT2D eigenvalue weighted by Gasteiger charge is -2.14. The van der Waals surface area contributed by atoms with Gasteiger partial charge in [0.2, 0.25) is 0 Å². The fraction of sp³-hybridized carbons (Fsp3) is 0.286. The van der Waals surface area contributed by atoms with Crippen molar-refractivity contribution in [2.24, 2.45) is 0 Å². The van der Waals surface area contributed by atoms with Crippen LogP contribution in [-0.4, -0.2) is 16.1 Å². The summed E-state index contributed by atoms with van der Waals surface area (Å²) in [4.78, 5) is 11.1. The molecule has 0 aliphatic carbocycles. The van der Waals surface area contributed by atoms with Crippen LogP contribution in [0.5, 0.6) is 0 Å². The third kappa shape index (κ3) is 2.59. The molecule has 0 fully saturated rings. The van der Waals surface area contributed by atoms with E-state index in [4.69, 9.17) is 0 Å². The van der Waals surface area contributed by atoms with Gasteiger partial charge in [0.15, 0.2) is 6.29 Å². The minimum absolute atomic E-state index is 0.00206. The molecule has 0 spiro atoms. The van der Waals surface area contributed by atoms with Gasteiger partial charge in [0.25, 0.3) is 0 Å². The van der Waals surface area contributed by atoms with Crippen LogP contribution in [0.3, 0.4) is 0 Å². The van der Waals surface area contributed by atoms with Crippen LogP contribution in [-0.2, 0) is 6.18 Å². The summed E-state index contributed by atoms with van der Waals surface area (Å²) in [6.07, 6.45) is -2.47. The second-order valence-corrected chi connectivity index (χ2v) is 4.67. The fourth-order valence-electron chi connectivity index (χ4n) is 2.01. The number of aldehydes is 1. The third-order valence-electron chi connectivity index (χ3n) is 2.94. The molecule has 0 radical (unpaired) electrons. The van der Waals surface area contributed by atoms with Crippen molar-refractivity contribution in [2.75, 3.05) is 0 Å². The molecule has 2 rings (SSSR count). The van der Waals surface area contributed by atoms with E-state index in [-0.39, 0.29) is 11.6 Å². The summed E-state index contributed by atoms with van der Waals surface area (Å²) < 4.78 is 39.6. The Labute approximate surface area is 114 Å². The lowest BCUT2D eigenvalue weighted by atomic mass is 10.0. The summed E-state index contributed by atoms with van der Waals surface area (Å²) in [5.74, 6) is 0. The second kappa shape index (κ2) is 5.11. The van der Waals surface area contributed by atoms with E-state index in [1.165, 1.54) is 6.07 Å². The van der Waals surface area contributed by atoms with Crippen LogP contribution in [0.25, 0.3) is 11.3 Å². The molecular weight excluding hydrogens is 269 g/mol. The number of hydrogen-bond acceptors (Lipinski definition) is 2. The summed E-state index contributed by atoms with van der Waals surface area (Å²) in [5, 5.41) is 4.12. The van der Waals surface area contributed by atoms with Crippen LogP contribution in [0.4, 0.5) is 13.2 Å². The molecule has 0 saturated heterocycles. The molecule has 1 heterocycles. The minimum atomic E-state index is -4.46. The molecule has 0 unspecified atom stereocenters. The molecule has 6 heteroatoms. The SMILES string of the molecule is CC(C)n1nccc1-c1ccc(C(F)(F)F)cc1C=O. The first kappa shape index (κ1) is 14.3. The Morgan fingerprint density at radius 3 is 2.50 bits per heavy atom. The van der Waals surface area contributed by atoms with E-state index in [0.717, 1.165) is 12.1 Å². The number of carbonyl (C=O) groups is 1. The van der Waals surface area contributed by atoms with Gasteiger partial charge in [-0.3, -0.25) is 9.48 Å². The Bertz CT molecular complexity index is 630. The highest BCUT2D eigenvalue weighted by Gasteiger charge is 2.31. The maximum Gasteiger partial charge on any atom is 0.416 e. The van der Waals surface area contributed by atoms with Gasteiger partial charge in [-0.1, -0.05) is 6.07 Å². The summed E-state index contributed by atoms with van der Waals surface area (Å²) in [6, 6.07) is 4.86. The first-order valence-corrected chi connectivity index (χ1v) is 6.05. The average molecular weight is 282 g/mol. The zero-order chi connectivity index (χ0) is 14.9. The zero-order valence-electron chi connectivity index (χ0n) is 11.0. The molecule has 0 amide bonds. The van der Waals surface area contributed by atoms with Crippen molar-refractivity contribution in [3.63, 3.8) is 0 Å². The van der Waals surface area contributed by atoms with Crippen LogP contribution in [0.2, 0.25) is 0 Å². The van der Waals surface area contributed by atoms with E-state index in [0.29, 0.717) is 17.5 Å². The molecule has 0 aliphatic rings. The summed E-state index contributed by atoms with van der Waals surface area (Å²) in [6.45, 7) is 3.81. The largest absolute Gasteiger partial charge is 0.416 e. The normalized spacial score (nSPS) is 11.9. The maximum atomic E-state index is 12.7. The molecule has 0 aliphatic heterocycles. The van der Waals surface area contributed by atoms with Gasteiger partial charge in [-0.25, -0.2) is 0 Å². The highest BCUT2D eigenvalue weighted by Crippen LogP contribution is 2.33. The predicted molar refractivity (Wildman–Crippen MR) is 68.4 cm³/mol. The van der Waals surface area contributed by atoms with Gasteiger partial charge in [-0.05, 0) is 32.0 Å². The molecule has 0 N–H and O–H groups in total. The third-order valence-corrected chi connectivity index (χ3v) is 2.94. The standard InChI is InChI=1S/C14H13F3N2O/c1-9(2)19-13(5-6-18-19)12-4-3-11(14(15,16)17)7-10(12)8-20/h3-9H,1-2H3. The van der Waals surface area contributed by atoms with E-state index in [2.05, 4.69) is 5.10 Å². The van der Waals surface area contributed by atoms with Gasteiger partial charge in [-0.15, -0.1) is 0 Å². The summed E-state index contributed by atoms with van der Waals surface area (Å²) >= 11 is 0. The highest BCUT2D eigenvalue weighted by molar-refractivity contribution is 5.87. The molecule has 3 nitrogen and oxygen atoms in total. The van der Waals surface area contributed by atoms with Gasteiger partial charge in [0.1, 0.15) is 0 Å².